The fourth-order valence-corrected chi connectivity index (χ4v) is 4.73. The minimum Gasteiger partial charge on any atom is -0.481 e. The number of rotatable bonds is 2. The van der Waals surface area contributed by atoms with Crippen molar-refractivity contribution < 1.29 is 14.7 Å². The van der Waals surface area contributed by atoms with Crippen LogP contribution in [0.5, 0.6) is 0 Å². The van der Waals surface area contributed by atoms with E-state index >= 15 is 0 Å². The van der Waals surface area contributed by atoms with Crippen molar-refractivity contribution in [2.24, 2.45) is 23.7 Å². The van der Waals surface area contributed by atoms with Gasteiger partial charge in [0.05, 0.1) is 5.92 Å². The van der Waals surface area contributed by atoms with Gasteiger partial charge in [-0.15, -0.1) is 0 Å². The van der Waals surface area contributed by atoms with Crippen molar-refractivity contribution in [2.75, 3.05) is 13.1 Å². The summed E-state index contributed by atoms with van der Waals surface area (Å²) in [5, 5.41) is 9.16. The molecule has 1 saturated heterocycles. The number of nitrogens with zero attached hydrogens (tertiary/aromatic N) is 1. The number of hydrogen-bond donors (Lipinski definition) is 1. The van der Waals surface area contributed by atoms with Crippen molar-refractivity contribution in [1.82, 2.24) is 4.90 Å². The summed E-state index contributed by atoms with van der Waals surface area (Å²) in [6, 6.07) is 0. The minimum absolute atomic E-state index is 0.164. The van der Waals surface area contributed by atoms with E-state index in [-0.39, 0.29) is 17.7 Å². The average molecular weight is 293 g/mol. The molecule has 2 saturated carbocycles. The van der Waals surface area contributed by atoms with Crippen LogP contribution in [-0.4, -0.2) is 35.0 Å². The maximum Gasteiger partial charge on any atom is 0.308 e. The van der Waals surface area contributed by atoms with E-state index in [0.717, 1.165) is 37.6 Å². The summed E-state index contributed by atoms with van der Waals surface area (Å²) in [5.74, 6) is 0.913. The highest BCUT2D eigenvalue weighted by Gasteiger charge is 2.38. The second kappa shape index (κ2) is 6.37. The van der Waals surface area contributed by atoms with Crippen LogP contribution in [0.25, 0.3) is 0 Å². The molecule has 1 N–H and O–H groups in total. The molecule has 3 rings (SSSR count). The van der Waals surface area contributed by atoms with Gasteiger partial charge in [-0.3, -0.25) is 9.59 Å². The molecule has 21 heavy (non-hydrogen) atoms. The van der Waals surface area contributed by atoms with Gasteiger partial charge in [0.25, 0.3) is 0 Å². The molecule has 4 nitrogen and oxygen atoms in total. The van der Waals surface area contributed by atoms with E-state index in [2.05, 4.69) is 0 Å². The largest absolute Gasteiger partial charge is 0.481 e. The lowest BCUT2D eigenvalue weighted by Gasteiger charge is -2.41. The normalized spacial score (nSPS) is 36.9. The summed E-state index contributed by atoms with van der Waals surface area (Å²) < 4.78 is 0. The SMILES string of the molecule is O=C(O)[C@@H]1CCCN(C(=O)C2CCC3CCCCC3C2)C1. The van der Waals surface area contributed by atoms with Crippen LogP contribution in [0.15, 0.2) is 0 Å². The van der Waals surface area contributed by atoms with Gasteiger partial charge in [-0.25, -0.2) is 0 Å². The molecule has 4 heteroatoms. The molecule has 1 amide bonds. The molecule has 0 aromatic rings. The summed E-state index contributed by atoms with van der Waals surface area (Å²) in [4.78, 5) is 25.7. The quantitative estimate of drug-likeness (QED) is 0.851. The first-order valence-corrected chi connectivity index (χ1v) is 8.66. The number of aliphatic carboxylic acids is 1. The van der Waals surface area contributed by atoms with E-state index < -0.39 is 5.97 Å². The van der Waals surface area contributed by atoms with Crippen LogP contribution in [-0.2, 0) is 9.59 Å². The van der Waals surface area contributed by atoms with Crippen LogP contribution < -0.4 is 0 Å². The lowest BCUT2D eigenvalue weighted by atomic mass is 9.67. The number of carboxylic acid groups (broad SMARTS) is 1. The van der Waals surface area contributed by atoms with Gasteiger partial charge in [0, 0.05) is 19.0 Å². The monoisotopic (exact) mass is 293 g/mol. The van der Waals surface area contributed by atoms with E-state index in [1.807, 2.05) is 4.90 Å². The summed E-state index contributed by atoms with van der Waals surface area (Å²) in [6.07, 6.45) is 10.2. The fraction of sp³-hybridized carbons (Fsp3) is 0.882. The van der Waals surface area contributed by atoms with Crippen LogP contribution in [0.1, 0.15) is 57.8 Å². The van der Waals surface area contributed by atoms with Gasteiger partial charge >= 0.3 is 5.97 Å². The number of amides is 1. The van der Waals surface area contributed by atoms with E-state index in [9.17, 15) is 9.59 Å². The summed E-state index contributed by atoms with van der Waals surface area (Å²) in [5.41, 5.74) is 0. The molecular formula is C17H27NO3. The third-order valence-electron chi connectivity index (χ3n) is 5.97. The van der Waals surface area contributed by atoms with Crippen molar-refractivity contribution in [3.05, 3.63) is 0 Å². The topological polar surface area (TPSA) is 57.6 Å². The minimum atomic E-state index is -0.747. The molecule has 3 unspecified atom stereocenters. The van der Waals surface area contributed by atoms with Crippen LogP contribution in [0.4, 0.5) is 0 Å². The number of fused-ring (bicyclic) bond motifs is 1. The molecule has 1 heterocycles. The molecule has 0 aromatic heterocycles. The predicted molar refractivity (Wildman–Crippen MR) is 79.7 cm³/mol. The Morgan fingerprint density at radius 1 is 0.857 bits per heavy atom. The third-order valence-corrected chi connectivity index (χ3v) is 5.97. The average Bonchev–Trinajstić information content (AvgIpc) is 2.53. The molecule has 3 aliphatic rings. The fourth-order valence-electron chi connectivity index (χ4n) is 4.73. The number of likely N-dealkylation sites (tertiary alicyclic amines) is 1. The Morgan fingerprint density at radius 2 is 1.62 bits per heavy atom. The summed E-state index contributed by atoms with van der Waals surface area (Å²) in [7, 11) is 0. The van der Waals surface area contributed by atoms with Gasteiger partial charge in [-0.2, -0.15) is 0 Å². The van der Waals surface area contributed by atoms with Gasteiger partial charge in [-0.1, -0.05) is 25.7 Å². The number of carbonyl (C=O) groups excluding carboxylic acids is 1. The second-order valence-corrected chi connectivity index (χ2v) is 7.28. The maximum atomic E-state index is 12.7. The van der Waals surface area contributed by atoms with Crippen LogP contribution in [0, 0.1) is 23.7 Å². The Bertz CT molecular complexity index is 409. The highest BCUT2D eigenvalue weighted by Crippen LogP contribution is 2.43. The van der Waals surface area contributed by atoms with Crippen molar-refractivity contribution in [3.8, 4) is 0 Å². The molecule has 0 spiro atoms. The second-order valence-electron chi connectivity index (χ2n) is 7.28. The first kappa shape index (κ1) is 14.9. The van der Waals surface area contributed by atoms with Crippen LogP contribution in [0.3, 0.4) is 0 Å². The zero-order valence-corrected chi connectivity index (χ0v) is 12.8. The Morgan fingerprint density at radius 3 is 2.38 bits per heavy atom. The number of hydrogen-bond acceptors (Lipinski definition) is 2. The van der Waals surface area contributed by atoms with Crippen LogP contribution >= 0.6 is 0 Å². The summed E-state index contributed by atoms with van der Waals surface area (Å²) >= 11 is 0. The summed E-state index contributed by atoms with van der Waals surface area (Å²) in [6.45, 7) is 1.19. The van der Waals surface area contributed by atoms with Gasteiger partial charge in [0.2, 0.25) is 5.91 Å². The highest BCUT2D eigenvalue weighted by molar-refractivity contribution is 5.80. The van der Waals surface area contributed by atoms with Crippen molar-refractivity contribution in [3.63, 3.8) is 0 Å². The maximum absolute atomic E-state index is 12.7. The van der Waals surface area contributed by atoms with Crippen molar-refractivity contribution >= 4 is 11.9 Å². The molecule has 0 radical (unpaired) electrons. The zero-order chi connectivity index (χ0) is 14.8. The molecule has 3 fully saturated rings. The van der Waals surface area contributed by atoms with E-state index in [1.165, 1.54) is 32.1 Å². The Labute approximate surface area is 126 Å². The molecular weight excluding hydrogens is 266 g/mol. The predicted octanol–water partition coefficient (Wildman–Crippen LogP) is 2.92. The molecule has 2 aliphatic carbocycles. The third kappa shape index (κ3) is 3.24. The lowest BCUT2D eigenvalue weighted by Crippen LogP contribution is -2.46. The Balaban J connectivity index is 1.58. The number of carboxylic acids is 1. The number of piperidine rings is 1. The van der Waals surface area contributed by atoms with E-state index in [0.29, 0.717) is 13.0 Å². The Kier molecular flexibility index (Phi) is 4.51. The lowest BCUT2D eigenvalue weighted by molar-refractivity contribution is -0.147. The Hall–Kier alpha value is -1.06. The molecule has 4 atom stereocenters. The van der Waals surface area contributed by atoms with Gasteiger partial charge in [-0.05, 0) is 43.9 Å². The molecule has 118 valence electrons. The van der Waals surface area contributed by atoms with Crippen molar-refractivity contribution in [1.29, 1.82) is 0 Å². The van der Waals surface area contributed by atoms with Crippen molar-refractivity contribution in [2.45, 2.75) is 57.8 Å². The van der Waals surface area contributed by atoms with Gasteiger partial charge in [0.15, 0.2) is 0 Å². The first-order valence-electron chi connectivity index (χ1n) is 8.66. The smallest absolute Gasteiger partial charge is 0.308 e. The standard InChI is InChI=1S/C17H27NO3/c19-16(18-9-3-6-15(11-18)17(20)21)14-8-7-12-4-1-2-5-13(12)10-14/h12-15H,1-11H2,(H,20,21)/t12?,13?,14?,15-/m1/s1. The molecule has 0 aromatic carbocycles. The molecule has 0 bridgehead atoms. The molecule has 1 aliphatic heterocycles. The van der Waals surface area contributed by atoms with Crippen LogP contribution in [0.2, 0.25) is 0 Å². The number of carbonyl (C=O) groups is 2. The first-order chi connectivity index (χ1) is 10.1. The van der Waals surface area contributed by atoms with Gasteiger partial charge < -0.3 is 10.0 Å². The van der Waals surface area contributed by atoms with Gasteiger partial charge in [0.1, 0.15) is 0 Å². The highest BCUT2D eigenvalue weighted by atomic mass is 16.4. The van der Waals surface area contributed by atoms with E-state index in [1.54, 1.807) is 0 Å². The zero-order valence-electron chi connectivity index (χ0n) is 12.8. The van der Waals surface area contributed by atoms with E-state index in [4.69, 9.17) is 5.11 Å².